The Kier molecular flexibility index (Phi) is 4.27. The number of anilines is 1. The van der Waals surface area contributed by atoms with Crippen LogP contribution in [0.3, 0.4) is 0 Å². The maximum atomic E-state index is 12.9. The lowest BCUT2D eigenvalue weighted by Crippen LogP contribution is -2.51. The van der Waals surface area contributed by atoms with Crippen molar-refractivity contribution in [2.75, 3.05) is 37.6 Å². The molecule has 4 nitrogen and oxygen atoms in total. The number of nitrogens with two attached hydrogens (primary N) is 1. The van der Waals surface area contributed by atoms with Gasteiger partial charge in [-0.25, -0.2) is 4.39 Å². The zero-order chi connectivity index (χ0) is 14.7. The average molecular weight is 290 g/mol. The molecule has 2 fully saturated rings. The topological polar surface area (TPSA) is 44.9 Å². The zero-order valence-electron chi connectivity index (χ0n) is 12.3. The van der Waals surface area contributed by atoms with Crippen molar-refractivity contribution in [1.82, 2.24) is 4.90 Å². The minimum absolute atomic E-state index is 0.190. The molecule has 0 radical (unpaired) electrons. The van der Waals surface area contributed by atoms with Gasteiger partial charge in [0.1, 0.15) is 5.82 Å². The first kappa shape index (κ1) is 14.2. The van der Waals surface area contributed by atoms with Gasteiger partial charge in [0.15, 0.2) is 5.96 Å². The first-order valence-electron chi connectivity index (χ1n) is 7.78. The molecule has 21 heavy (non-hydrogen) atoms. The Morgan fingerprint density at radius 2 is 1.81 bits per heavy atom. The fourth-order valence-corrected chi connectivity index (χ4v) is 2.84. The van der Waals surface area contributed by atoms with Crippen molar-refractivity contribution >= 4 is 11.6 Å². The summed E-state index contributed by atoms with van der Waals surface area (Å²) in [5.41, 5.74) is 7.16. The number of rotatable bonds is 3. The minimum Gasteiger partial charge on any atom is -0.370 e. The van der Waals surface area contributed by atoms with Crippen LogP contribution in [0.4, 0.5) is 10.1 Å². The summed E-state index contributed by atoms with van der Waals surface area (Å²) in [6.07, 6.45) is 3.95. The third kappa shape index (κ3) is 3.46. The first-order chi connectivity index (χ1) is 10.2. The fourth-order valence-electron chi connectivity index (χ4n) is 2.84. The smallest absolute Gasteiger partial charge is 0.191 e. The second kappa shape index (κ2) is 6.33. The zero-order valence-corrected chi connectivity index (χ0v) is 12.3. The summed E-state index contributed by atoms with van der Waals surface area (Å²) in [4.78, 5) is 8.94. The van der Waals surface area contributed by atoms with Crippen LogP contribution in [0.2, 0.25) is 0 Å². The number of nitrogens with zero attached hydrogens (tertiary/aromatic N) is 3. The Morgan fingerprint density at radius 1 is 1.14 bits per heavy atom. The van der Waals surface area contributed by atoms with Crippen molar-refractivity contribution in [2.45, 2.75) is 19.3 Å². The molecule has 0 spiro atoms. The highest BCUT2D eigenvalue weighted by atomic mass is 19.1. The number of aliphatic imine (C=N–C) groups is 1. The number of hydrogen-bond donors (Lipinski definition) is 1. The van der Waals surface area contributed by atoms with E-state index in [2.05, 4.69) is 14.8 Å². The highest BCUT2D eigenvalue weighted by Crippen LogP contribution is 2.26. The Bertz CT molecular complexity index is 488. The normalized spacial score (nSPS) is 20.5. The van der Waals surface area contributed by atoms with E-state index >= 15 is 0 Å². The largest absolute Gasteiger partial charge is 0.370 e. The molecule has 2 aliphatic rings. The van der Waals surface area contributed by atoms with Gasteiger partial charge in [0.2, 0.25) is 0 Å². The van der Waals surface area contributed by atoms with Crippen molar-refractivity contribution < 1.29 is 4.39 Å². The van der Waals surface area contributed by atoms with E-state index in [0.717, 1.165) is 44.3 Å². The maximum absolute atomic E-state index is 12.9. The van der Waals surface area contributed by atoms with E-state index in [4.69, 9.17) is 5.73 Å². The third-order valence-electron chi connectivity index (χ3n) is 4.53. The Morgan fingerprint density at radius 3 is 2.38 bits per heavy atom. The van der Waals surface area contributed by atoms with Crippen LogP contribution in [0.1, 0.15) is 19.3 Å². The molecule has 1 aromatic rings. The molecule has 0 aromatic heterocycles. The highest BCUT2D eigenvalue weighted by Gasteiger charge is 2.20. The number of halogens is 1. The van der Waals surface area contributed by atoms with Crippen molar-refractivity contribution in [3.8, 4) is 0 Å². The predicted molar refractivity (Wildman–Crippen MR) is 84.0 cm³/mol. The lowest BCUT2D eigenvalue weighted by molar-refractivity contribution is 0.322. The Labute approximate surface area is 125 Å². The van der Waals surface area contributed by atoms with Crippen LogP contribution >= 0.6 is 0 Å². The van der Waals surface area contributed by atoms with Crippen LogP contribution in [-0.4, -0.2) is 43.6 Å². The molecular weight excluding hydrogens is 267 g/mol. The summed E-state index contributed by atoms with van der Waals surface area (Å²) >= 11 is 0. The van der Waals surface area contributed by atoms with Gasteiger partial charge in [0, 0.05) is 38.4 Å². The second-order valence-electron chi connectivity index (χ2n) is 5.95. The number of benzene rings is 1. The SMILES string of the molecule is NC(=NCC1CCC1)N1CCN(c2ccc(F)cc2)CC1. The molecule has 0 unspecified atom stereocenters. The van der Waals surface area contributed by atoms with Crippen LogP contribution in [0.15, 0.2) is 29.3 Å². The van der Waals surface area contributed by atoms with E-state index < -0.39 is 0 Å². The molecule has 1 heterocycles. The molecule has 0 amide bonds. The monoisotopic (exact) mass is 290 g/mol. The summed E-state index contributed by atoms with van der Waals surface area (Å²) in [6.45, 7) is 4.41. The van der Waals surface area contributed by atoms with Gasteiger partial charge in [-0.2, -0.15) is 0 Å². The summed E-state index contributed by atoms with van der Waals surface area (Å²) in [5, 5.41) is 0. The summed E-state index contributed by atoms with van der Waals surface area (Å²) in [5.74, 6) is 1.24. The molecule has 5 heteroatoms. The van der Waals surface area contributed by atoms with E-state index in [0.29, 0.717) is 5.96 Å². The molecule has 114 valence electrons. The van der Waals surface area contributed by atoms with Crippen LogP contribution in [-0.2, 0) is 0 Å². The van der Waals surface area contributed by atoms with E-state index in [1.165, 1.54) is 31.4 Å². The van der Waals surface area contributed by atoms with Gasteiger partial charge in [-0.1, -0.05) is 6.42 Å². The van der Waals surface area contributed by atoms with Crippen LogP contribution in [0, 0.1) is 11.7 Å². The lowest BCUT2D eigenvalue weighted by Gasteiger charge is -2.36. The standard InChI is InChI=1S/C16H23FN4/c17-14-4-6-15(7-5-14)20-8-10-21(11-9-20)16(18)19-12-13-2-1-3-13/h4-7,13H,1-3,8-12H2,(H2,18,19). The van der Waals surface area contributed by atoms with Gasteiger partial charge in [-0.05, 0) is 43.0 Å². The van der Waals surface area contributed by atoms with Crippen LogP contribution in [0.25, 0.3) is 0 Å². The van der Waals surface area contributed by atoms with Gasteiger partial charge in [0.05, 0.1) is 0 Å². The third-order valence-corrected chi connectivity index (χ3v) is 4.53. The molecule has 1 saturated heterocycles. The predicted octanol–water partition coefficient (Wildman–Crippen LogP) is 2.06. The number of piperazine rings is 1. The molecule has 3 rings (SSSR count). The van der Waals surface area contributed by atoms with Crippen molar-refractivity contribution in [2.24, 2.45) is 16.6 Å². The number of hydrogen-bond acceptors (Lipinski definition) is 2. The van der Waals surface area contributed by atoms with Gasteiger partial charge in [-0.15, -0.1) is 0 Å². The molecule has 2 N–H and O–H groups in total. The summed E-state index contributed by atoms with van der Waals surface area (Å²) in [6, 6.07) is 6.68. The minimum atomic E-state index is -0.190. The molecule has 0 bridgehead atoms. The maximum Gasteiger partial charge on any atom is 0.191 e. The van der Waals surface area contributed by atoms with E-state index in [1.807, 2.05) is 12.1 Å². The number of guanidine groups is 1. The molecule has 1 aliphatic carbocycles. The molecular formula is C16H23FN4. The first-order valence-corrected chi connectivity index (χ1v) is 7.78. The van der Waals surface area contributed by atoms with Crippen molar-refractivity contribution in [1.29, 1.82) is 0 Å². The Hall–Kier alpha value is -1.78. The molecule has 0 atom stereocenters. The van der Waals surface area contributed by atoms with E-state index in [9.17, 15) is 4.39 Å². The Balaban J connectivity index is 1.51. The van der Waals surface area contributed by atoms with Crippen LogP contribution in [0.5, 0.6) is 0 Å². The van der Waals surface area contributed by atoms with Gasteiger partial charge in [0.25, 0.3) is 0 Å². The molecule has 1 aliphatic heterocycles. The highest BCUT2D eigenvalue weighted by molar-refractivity contribution is 5.78. The summed E-state index contributed by atoms with van der Waals surface area (Å²) < 4.78 is 12.9. The van der Waals surface area contributed by atoms with E-state index in [-0.39, 0.29) is 5.82 Å². The molecule has 1 saturated carbocycles. The average Bonchev–Trinajstić information content (AvgIpc) is 2.46. The van der Waals surface area contributed by atoms with Gasteiger partial charge < -0.3 is 15.5 Å². The second-order valence-corrected chi connectivity index (χ2v) is 5.95. The van der Waals surface area contributed by atoms with Gasteiger partial charge >= 0.3 is 0 Å². The molecule has 1 aromatic carbocycles. The summed E-state index contributed by atoms with van der Waals surface area (Å²) in [7, 11) is 0. The van der Waals surface area contributed by atoms with Gasteiger partial charge in [-0.3, -0.25) is 4.99 Å². The van der Waals surface area contributed by atoms with Crippen molar-refractivity contribution in [3.05, 3.63) is 30.1 Å². The van der Waals surface area contributed by atoms with E-state index in [1.54, 1.807) is 0 Å². The van der Waals surface area contributed by atoms with Crippen molar-refractivity contribution in [3.63, 3.8) is 0 Å². The quantitative estimate of drug-likeness (QED) is 0.684. The lowest BCUT2D eigenvalue weighted by atomic mass is 9.86. The van der Waals surface area contributed by atoms with Crippen LogP contribution < -0.4 is 10.6 Å². The fraction of sp³-hybridized carbons (Fsp3) is 0.562.